The van der Waals surface area contributed by atoms with Crippen LogP contribution in [0.15, 0.2) is 41.0 Å². The topological polar surface area (TPSA) is 43.2 Å². The van der Waals surface area contributed by atoms with Crippen molar-refractivity contribution < 1.29 is 4.74 Å². The minimum Gasteiger partial charge on any atom is -0.371 e. The van der Waals surface area contributed by atoms with E-state index < -0.39 is 0 Å². The van der Waals surface area contributed by atoms with Crippen molar-refractivity contribution in [1.82, 2.24) is 19.7 Å². The summed E-state index contributed by atoms with van der Waals surface area (Å²) in [4.78, 5) is 7.03. The first-order chi connectivity index (χ1) is 12.1. The Labute approximate surface area is 155 Å². The van der Waals surface area contributed by atoms with E-state index in [-0.39, 0.29) is 6.10 Å². The number of hydrogen-bond donors (Lipinski definition) is 0. The van der Waals surface area contributed by atoms with Gasteiger partial charge in [-0.15, -0.1) is 0 Å². The second-order valence-electron chi connectivity index (χ2n) is 6.54. The molecule has 6 heteroatoms. The van der Waals surface area contributed by atoms with Crippen LogP contribution in [0.1, 0.15) is 22.9 Å². The summed E-state index contributed by atoms with van der Waals surface area (Å²) in [6.45, 7) is 5.47. The van der Waals surface area contributed by atoms with Crippen molar-refractivity contribution in [3.05, 3.63) is 57.8 Å². The molecule has 0 N–H and O–H groups in total. The molecule has 1 aliphatic rings. The van der Waals surface area contributed by atoms with Crippen molar-refractivity contribution in [1.29, 1.82) is 0 Å². The Morgan fingerprint density at radius 3 is 3.00 bits per heavy atom. The zero-order chi connectivity index (χ0) is 17.4. The van der Waals surface area contributed by atoms with Crippen LogP contribution >= 0.6 is 15.9 Å². The molecule has 0 bridgehead atoms. The highest BCUT2D eigenvalue weighted by molar-refractivity contribution is 9.10. The summed E-state index contributed by atoms with van der Waals surface area (Å²) >= 11 is 3.64. The first kappa shape index (κ1) is 16.7. The molecule has 1 saturated heterocycles. The van der Waals surface area contributed by atoms with E-state index in [0.717, 1.165) is 47.4 Å². The van der Waals surface area contributed by atoms with E-state index in [1.807, 2.05) is 30.9 Å². The molecular formula is C19H21BrN4O. The summed E-state index contributed by atoms with van der Waals surface area (Å²) in [5.41, 5.74) is 4.40. The molecule has 1 aliphatic heterocycles. The summed E-state index contributed by atoms with van der Waals surface area (Å²) < 4.78 is 8.95. The quantitative estimate of drug-likeness (QED) is 0.673. The van der Waals surface area contributed by atoms with Gasteiger partial charge in [-0.05, 0) is 30.2 Å². The van der Waals surface area contributed by atoms with Crippen LogP contribution in [0.4, 0.5) is 0 Å². The van der Waals surface area contributed by atoms with Crippen LogP contribution in [0.25, 0.3) is 11.0 Å². The minimum absolute atomic E-state index is 0.0983. The van der Waals surface area contributed by atoms with Crippen molar-refractivity contribution in [3.63, 3.8) is 0 Å². The minimum atomic E-state index is 0.0983. The van der Waals surface area contributed by atoms with Crippen LogP contribution in [0, 0.1) is 6.92 Å². The average Bonchev–Trinajstić information content (AvgIpc) is 2.89. The molecular weight excluding hydrogens is 380 g/mol. The van der Waals surface area contributed by atoms with Gasteiger partial charge >= 0.3 is 0 Å². The van der Waals surface area contributed by atoms with E-state index in [0.29, 0.717) is 0 Å². The molecule has 1 atom stereocenters. The SMILES string of the molecule is Cc1nn(C)c2ncc(CN3CCOC(c4ccccc4Br)C3)cc12. The fourth-order valence-corrected chi connectivity index (χ4v) is 4.01. The van der Waals surface area contributed by atoms with Gasteiger partial charge in [0.05, 0.1) is 18.4 Å². The van der Waals surface area contributed by atoms with Crippen LogP contribution in [0.2, 0.25) is 0 Å². The van der Waals surface area contributed by atoms with Gasteiger partial charge in [-0.25, -0.2) is 4.98 Å². The normalized spacial score (nSPS) is 18.8. The molecule has 1 fully saturated rings. The summed E-state index contributed by atoms with van der Waals surface area (Å²) in [6.07, 6.45) is 2.06. The van der Waals surface area contributed by atoms with E-state index >= 15 is 0 Å². The molecule has 0 aliphatic carbocycles. The number of nitrogens with zero attached hydrogens (tertiary/aromatic N) is 4. The third-order valence-electron chi connectivity index (χ3n) is 4.73. The molecule has 0 saturated carbocycles. The third-order valence-corrected chi connectivity index (χ3v) is 5.45. The number of benzene rings is 1. The van der Waals surface area contributed by atoms with Gasteiger partial charge in [-0.3, -0.25) is 9.58 Å². The number of morpholine rings is 1. The Hall–Kier alpha value is -1.76. The maximum absolute atomic E-state index is 6.00. The monoisotopic (exact) mass is 400 g/mol. The molecule has 0 radical (unpaired) electrons. The summed E-state index contributed by atoms with van der Waals surface area (Å²) in [7, 11) is 1.94. The molecule has 3 heterocycles. The van der Waals surface area contributed by atoms with Crippen molar-refractivity contribution in [2.75, 3.05) is 19.7 Å². The Kier molecular flexibility index (Phi) is 4.58. The van der Waals surface area contributed by atoms with Gasteiger partial charge in [-0.2, -0.15) is 5.10 Å². The maximum Gasteiger partial charge on any atom is 0.157 e. The van der Waals surface area contributed by atoms with Crippen molar-refractivity contribution in [2.24, 2.45) is 7.05 Å². The van der Waals surface area contributed by atoms with Gasteiger partial charge in [0, 0.05) is 42.7 Å². The first-order valence-electron chi connectivity index (χ1n) is 8.48. The van der Waals surface area contributed by atoms with E-state index in [1.54, 1.807) is 0 Å². The molecule has 0 spiro atoms. The number of halogens is 1. The predicted molar refractivity (Wildman–Crippen MR) is 101 cm³/mol. The van der Waals surface area contributed by atoms with E-state index in [1.165, 1.54) is 11.1 Å². The number of pyridine rings is 1. The van der Waals surface area contributed by atoms with E-state index in [4.69, 9.17) is 4.74 Å². The maximum atomic E-state index is 6.00. The lowest BCUT2D eigenvalue weighted by atomic mass is 10.1. The molecule has 4 rings (SSSR count). The van der Waals surface area contributed by atoms with Crippen molar-refractivity contribution in [3.8, 4) is 0 Å². The Balaban J connectivity index is 1.53. The number of ether oxygens (including phenoxy) is 1. The van der Waals surface area contributed by atoms with Crippen molar-refractivity contribution >= 4 is 27.0 Å². The van der Waals surface area contributed by atoms with Crippen LogP contribution in [0.5, 0.6) is 0 Å². The van der Waals surface area contributed by atoms with Gasteiger partial charge in [0.25, 0.3) is 0 Å². The Bertz CT molecular complexity index is 908. The Morgan fingerprint density at radius 2 is 2.16 bits per heavy atom. The summed E-state index contributed by atoms with van der Waals surface area (Å²) in [5, 5.41) is 5.59. The molecule has 1 unspecified atom stereocenters. The average molecular weight is 401 g/mol. The Morgan fingerprint density at radius 1 is 1.32 bits per heavy atom. The van der Waals surface area contributed by atoms with Crippen LogP contribution in [0.3, 0.4) is 0 Å². The van der Waals surface area contributed by atoms with Gasteiger partial charge in [0.15, 0.2) is 5.65 Å². The smallest absolute Gasteiger partial charge is 0.157 e. The van der Waals surface area contributed by atoms with Gasteiger partial charge < -0.3 is 4.74 Å². The number of aryl methyl sites for hydroxylation is 2. The van der Waals surface area contributed by atoms with Gasteiger partial charge in [-0.1, -0.05) is 34.1 Å². The molecule has 5 nitrogen and oxygen atoms in total. The van der Waals surface area contributed by atoms with Crippen LogP contribution < -0.4 is 0 Å². The highest BCUT2D eigenvalue weighted by atomic mass is 79.9. The lowest BCUT2D eigenvalue weighted by molar-refractivity contribution is -0.0332. The molecule has 1 aromatic carbocycles. The molecule has 2 aromatic heterocycles. The number of hydrogen-bond acceptors (Lipinski definition) is 4. The fraction of sp³-hybridized carbons (Fsp3) is 0.368. The standard InChI is InChI=1S/C19H21BrN4O/c1-13-16-9-14(10-21-19(16)23(2)22-13)11-24-7-8-25-18(12-24)15-5-3-4-6-17(15)20/h3-6,9-10,18H,7-8,11-12H2,1-2H3. The largest absolute Gasteiger partial charge is 0.371 e. The number of fused-ring (bicyclic) bond motifs is 1. The second-order valence-corrected chi connectivity index (χ2v) is 7.39. The molecule has 25 heavy (non-hydrogen) atoms. The predicted octanol–water partition coefficient (Wildman–Crippen LogP) is 3.61. The zero-order valence-corrected chi connectivity index (χ0v) is 16.0. The summed E-state index contributed by atoms with van der Waals surface area (Å²) in [6, 6.07) is 10.5. The van der Waals surface area contributed by atoms with Gasteiger partial charge in [0.2, 0.25) is 0 Å². The molecule has 0 amide bonds. The highest BCUT2D eigenvalue weighted by Crippen LogP contribution is 2.29. The lowest BCUT2D eigenvalue weighted by Crippen LogP contribution is -2.37. The van der Waals surface area contributed by atoms with Crippen LogP contribution in [-0.2, 0) is 18.3 Å². The highest BCUT2D eigenvalue weighted by Gasteiger charge is 2.23. The third kappa shape index (κ3) is 3.34. The fourth-order valence-electron chi connectivity index (χ4n) is 3.47. The van der Waals surface area contributed by atoms with Gasteiger partial charge in [0.1, 0.15) is 0 Å². The molecule has 130 valence electrons. The number of aromatic nitrogens is 3. The first-order valence-corrected chi connectivity index (χ1v) is 9.28. The lowest BCUT2D eigenvalue weighted by Gasteiger charge is -2.33. The van der Waals surface area contributed by atoms with Crippen molar-refractivity contribution in [2.45, 2.75) is 19.6 Å². The number of rotatable bonds is 3. The van der Waals surface area contributed by atoms with Crippen LogP contribution in [-0.4, -0.2) is 39.4 Å². The summed E-state index contributed by atoms with van der Waals surface area (Å²) in [5.74, 6) is 0. The zero-order valence-electron chi connectivity index (χ0n) is 14.4. The van der Waals surface area contributed by atoms with E-state index in [9.17, 15) is 0 Å². The second kappa shape index (κ2) is 6.86. The molecule has 3 aromatic rings. The van der Waals surface area contributed by atoms with E-state index in [2.05, 4.69) is 55.2 Å².